The van der Waals surface area contributed by atoms with Crippen molar-refractivity contribution in [2.24, 2.45) is 0 Å². The van der Waals surface area contributed by atoms with E-state index < -0.39 is 11.1 Å². The Balaban J connectivity index is 3.15. The fourth-order valence-corrected chi connectivity index (χ4v) is 0.513. The lowest BCUT2D eigenvalue weighted by molar-refractivity contribution is -0.108. The molecule has 1 aromatic rings. The number of aromatic nitrogens is 3. The highest BCUT2D eigenvalue weighted by atomic mass is 16.2. The first kappa shape index (κ1) is 7.39. The average Bonchev–Trinajstić information content (AvgIpc) is 1.98. The number of aromatic amines is 1. The first-order chi connectivity index (χ1) is 5.24. The van der Waals surface area contributed by atoms with Crippen LogP contribution in [-0.2, 0) is 11.3 Å². The van der Waals surface area contributed by atoms with Crippen molar-refractivity contribution in [2.75, 3.05) is 0 Å². The van der Waals surface area contributed by atoms with Crippen molar-refractivity contribution in [1.29, 1.82) is 0 Å². The smallest absolute Gasteiger partial charge is 0.301 e. The summed E-state index contributed by atoms with van der Waals surface area (Å²) < 4.78 is 0.997. The molecule has 0 aliphatic rings. The van der Waals surface area contributed by atoms with E-state index in [4.69, 9.17) is 0 Å². The number of nitrogens with one attached hydrogen (secondary N) is 1. The van der Waals surface area contributed by atoms with Gasteiger partial charge in [-0.25, -0.2) is 0 Å². The summed E-state index contributed by atoms with van der Waals surface area (Å²) in [5.74, 6) is 0. The summed E-state index contributed by atoms with van der Waals surface area (Å²) in [7, 11) is 0. The lowest BCUT2D eigenvalue weighted by Gasteiger charge is -1.94. The number of rotatable bonds is 2. The Morgan fingerprint density at radius 2 is 2.36 bits per heavy atom. The highest BCUT2D eigenvalue weighted by molar-refractivity contribution is 5.48. The number of nitrogens with zero attached hydrogens (tertiary/aromatic N) is 2. The molecule has 1 N–H and O–H groups in total. The van der Waals surface area contributed by atoms with Crippen LogP contribution in [0.4, 0.5) is 0 Å². The van der Waals surface area contributed by atoms with Crippen LogP contribution in [-0.4, -0.2) is 21.1 Å². The van der Waals surface area contributed by atoms with Crippen molar-refractivity contribution < 1.29 is 4.79 Å². The number of aldehydes is 1. The Kier molecular flexibility index (Phi) is 1.95. The third-order valence-electron chi connectivity index (χ3n) is 0.960. The van der Waals surface area contributed by atoms with Crippen LogP contribution < -0.4 is 11.1 Å². The van der Waals surface area contributed by atoms with Gasteiger partial charge in [-0.3, -0.25) is 19.4 Å². The van der Waals surface area contributed by atoms with E-state index in [2.05, 4.69) is 16.4 Å². The molecule has 0 atom stereocenters. The van der Waals surface area contributed by atoms with Crippen LogP contribution in [0.5, 0.6) is 0 Å². The molecule has 0 spiro atoms. The van der Waals surface area contributed by atoms with E-state index in [0.29, 0.717) is 6.29 Å². The standard InChI is InChI=1S/C5H4N3O3/c9-2-1-8-3-6-4(10)5(11)7-8/h2H,1H2,(H,7,11). The molecule has 0 bridgehead atoms. The summed E-state index contributed by atoms with van der Waals surface area (Å²) in [6.45, 7) is -0.0669. The molecular formula is C5H4N3O3. The summed E-state index contributed by atoms with van der Waals surface area (Å²) in [5.41, 5.74) is -1.77. The van der Waals surface area contributed by atoms with Crippen LogP contribution in [0.25, 0.3) is 0 Å². The molecule has 0 saturated heterocycles. The van der Waals surface area contributed by atoms with Crippen LogP contribution in [0.3, 0.4) is 0 Å². The van der Waals surface area contributed by atoms with E-state index in [1.165, 1.54) is 0 Å². The van der Waals surface area contributed by atoms with Gasteiger partial charge in [-0.1, -0.05) is 0 Å². The van der Waals surface area contributed by atoms with Gasteiger partial charge in [-0.05, 0) is 0 Å². The van der Waals surface area contributed by atoms with Gasteiger partial charge in [0.1, 0.15) is 6.29 Å². The Morgan fingerprint density at radius 1 is 1.64 bits per heavy atom. The molecule has 0 saturated carbocycles. The van der Waals surface area contributed by atoms with E-state index >= 15 is 0 Å². The number of hydrogen-bond acceptors (Lipinski definition) is 4. The molecule has 1 aromatic heterocycles. The minimum Gasteiger partial charge on any atom is -0.301 e. The topological polar surface area (TPSA) is 84.8 Å². The lowest BCUT2D eigenvalue weighted by Crippen LogP contribution is -2.33. The van der Waals surface area contributed by atoms with Gasteiger partial charge in [0.05, 0.1) is 6.54 Å². The molecule has 1 radical (unpaired) electrons. The average molecular weight is 154 g/mol. The predicted octanol–water partition coefficient (Wildman–Crippen LogP) is -2.07. The molecule has 6 heteroatoms. The quantitative estimate of drug-likeness (QED) is 0.391. The van der Waals surface area contributed by atoms with Gasteiger partial charge in [0.25, 0.3) is 0 Å². The van der Waals surface area contributed by atoms with Gasteiger partial charge >= 0.3 is 11.1 Å². The molecule has 1 heterocycles. The van der Waals surface area contributed by atoms with Gasteiger partial charge in [0, 0.05) is 0 Å². The maximum Gasteiger partial charge on any atom is 0.338 e. The van der Waals surface area contributed by atoms with Crippen molar-refractivity contribution >= 4 is 6.29 Å². The first-order valence-corrected chi connectivity index (χ1v) is 2.76. The maximum absolute atomic E-state index is 10.5. The molecular weight excluding hydrogens is 150 g/mol. The van der Waals surface area contributed by atoms with Gasteiger partial charge in [-0.2, -0.15) is 4.98 Å². The minimum atomic E-state index is -0.910. The summed E-state index contributed by atoms with van der Waals surface area (Å²) in [6, 6.07) is 0. The fraction of sp³-hybridized carbons (Fsp3) is 0.200. The van der Waals surface area contributed by atoms with Crippen LogP contribution in [0, 0.1) is 6.33 Å². The molecule has 0 aromatic carbocycles. The monoisotopic (exact) mass is 154 g/mol. The zero-order valence-electron chi connectivity index (χ0n) is 5.40. The van der Waals surface area contributed by atoms with Gasteiger partial charge in [0.15, 0.2) is 6.33 Å². The molecule has 57 valence electrons. The largest absolute Gasteiger partial charge is 0.338 e. The van der Waals surface area contributed by atoms with E-state index in [-0.39, 0.29) is 6.54 Å². The second kappa shape index (κ2) is 2.91. The Morgan fingerprint density at radius 3 is 2.91 bits per heavy atom. The third-order valence-corrected chi connectivity index (χ3v) is 0.960. The summed E-state index contributed by atoms with van der Waals surface area (Å²) in [6.07, 6.45) is 2.70. The second-order valence-electron chi connectivity index (χ2n) is 1.74. The van der Waals surface area contributed by atoms with Crippen molar-refractivity contribution in [1.82, 2.24) is 14.8 Å². The van der Waals surface area contributed by atoms with E-state index in [1.54, 1.807) is 0 Å². The van der Waals surface area contributed by atoms with Crippen LogP contribution in [0.2, 0.25) is 0 Å². The van der Waals surface area contributed by atoms with Gasteiger partial charge in [0.2, 0.25) is 0 Å². The number of H-pyrrole nitrogens is 1. The number of hydrogen-bond donors (Lipinski definition) is 1. The molecule has 1 rings (SSSR count). The molecule has 11 heavy (non-hydrogen) atoms. The number of carbonyl (C=O) groups is 1. The van der Waals surface area contributed by atoms with Gasteiger partial charge in [-0.15, -0.1) is 0 Å². The molecule has 0 fully saturated rings. The van der Waals surface area contributed by atoms with Crippen LogP contribution >= 0.6 is 0 Å². The summed E-state index contributed by atoms with van der Waals surface area (Å²) >= 11 is 0. The van der Waals surface area contributed by atoms with E-state index in [9.17, 15) is 14.4 Å². The first-order valence-electron chi connectivity index (χ1n) is 2.76. The lowest BCUT2D eigenvalue weighted by atomic mass is 10.7. The maximum atomic E-state index is 10.5. The van der Waals surface area contributed by atoms with Crippen LogP contribution in [0.15, 0.2) is 9.59 Å². The second-order valence-corrected chi connectivity index (χ2v) is 1.74. The Labute approximate surface area is 60.5 Å². The van der Waals surface area contributed by atoms with E-state index in [0.717, 1.165) is 4.68 Å². The Hall–Kier alpha value is -1.72. The van der Waals surface area contributed by atoms with E-state index in [1.807, 2.05) is 0 Å². The highest BCUT2D eigenvalue weighted by Crippen LogP contribution is 1.65. The van der Waals surface area contributed by atoms with Gasteiger partial charge < -0.3 is 4.79 Å². The number of carbonyl (C=O) groups excluding carboxylic acids is 1. The van der Waals surface area contributed by atoms with Crippen LogP contribution in [0.1, 0.15) is 0 Å². The SMILES string of the molecule is O=CCn1[c]nc(=O)c(=O)[nH]1. The molecule has 0 unspecified atom stereocenters. The summed E-state index contributed by atoms with van der Waals surface area (Å²) in [5, 5.41) is 2.08. The Bertz CT molecular complexity index is 364. The van der Waals surface area contributed by atoms with Crippen molar-refractivity contribution in [3.8, 4) is 0 Å². The zero-order valence-corrected chi connectivity index (χ0v) is 5.40. The third kappa shape index (κ3) is 1.60. The molecule has 0 amide bonds. The predicted molar refractivity (Wildman–Crippen MR) is 34.0 cm³/mol. The molecule has 0 aliphatic carbocycles. The van der Waals surface area contributed by atoms with Crippen molar-refractivity contribution in [3.63, 3.8) is 0 Å². The van der Waals surface area contributed by atoms with Crippen molar-refractivity contribution in [3.05, 3.63) is 27.0 Å². The van der Waals surface area contributed by atoms with Crippen molar-refractivity contribution in [2.45, 2.75) is 6.54 Å². The zero-order chi connectivity index (χ0) is 8.27. The highest BCUT2D eigenvalue weighted by Gasteiger charge is 1.94. The summed E-state index contributed by atoms with van der Waals surface area (Å²) in [4.78, 5) is 33.9. The fourth-order valence-electron chi connectivity index (χ4n) is 0.513. The molecule has 0 aliphatic heterocycles. The normalized spacial score (nSPS) is 9.45. The molecule has 6 nitrogen and oxygen atoms in total. The minimum absolute atomic E-state index is 0.0669.